The first-order valence-corrected chi connectivity index (χ1v) is 5.59. The molecule has 1 aromatic rings. The van der Waals surface area contributed by atoms with Crippen molar-refractivity contribution in [3.8, 4) is 17.2 Å². The number of rotatable bonds is 4. The molecule has 1 aliphatic rings. The van der Waals surface area contributed by atoms with E-state index in [0.717, 1.165) is 0 Å². The highest BCUT2D eigenvalue weighted by Gasteiger charge is 2.20. The highest BCUT2D eigenvalue weighted by atomic mass is 16.6. The Labute approximate surface area is 109 Å². The molecule has 2 N–H and O–H groups in total. The van der Waals surface area contributed by atoms with Crippen LogP contribution in [0.2, 0.25) is 0 Å². The van der Waals surface area contributed by atoms with Crippen molar-refractivity contribution in [3.05, 3.63) is 17.7 Å². The van der Waals surface area contributed by atoms with E-state index < -0.39 is 18.4 Å². The van der Waals surface area contributed by atoms with E-state index in [1.54, 1.807) is 0 Å². The van der Waals surface area contributed by atoms with Crippen LogP contribution in [0, 0.1) is 0 Å². The number of aliphatic carboxylic acids is 1. The van der Waals surface area contributed by atoms with Crippen molar-refractivity contribution in [3.63, 3.8) is 0 Å². The van der Waals surface area contributed by atoms with E-state index in [4.69, 9.17) is 19.3 Å². The third kappa shape index (κ3) is 2.87. The zero-order valence-electron chi connectivity index (χ0n) is 10.3. The summed E-state index contributed by atoms with van der Waals surface area (Å²) in [5.41, 5.74) is 0.252. The lowest BCUT2D eigenvalue weighted by atomic mass is 10.1. The molecular formula is C12H13NO6. The third-order valence-electron chi connectivity index (χ3n) is 2.49. The molecule has 0 aliphatic carbocycles. The molecule has 1 amide bonds. The number of carbonyl (C=O) groups is 2. The minimum atomic E-state index is -1.11. The van der Waals surface area contributed by atoms with Crippen LogP contribution in [0.4, 0.5) is 0 Å². The van der Waals surface area contributed by atoms with Crippen molar-refractivity contribution >= 4 is 11.9 Å². The number of benzene rings is 1. The first-order valence-electron chi connectivity index (χ1n) is 5.59. The van der Waals surface area contributed by atoms with Gasteiger partial charge in [-0.2, -0.15) is 0 Å². The molecule has 0 atom stereocenters. The number of ether oxygens (including phenoxy) is 3. The number of hydrogen-bond donors (Lipinski definition) is 2. The summed E-state index contributed by atoms with van der Waals surface area (Å²) in [6.45, 7) is 0.347. The fourth-order valence-electron chi connectivity index (χ4n) is 1.66. The van der Waals surface area contributed by atoms with E-state index in [1.165, 1.54) is 19.2 Å². The van der Waals surface area contributed by atoms with Crippen LogP contribution < -0.4 is 19.5 Å². The average molecular weight is 267 g/mol. The molecule has 0 fully saturated rings. The van der Waals surface area contributed by atoms with Gasteiger partial charge in [-0.15, -0.1) is 0 Å². The minimum absolute atomic E-state index is 0.252. The Morgan fingerprint density at radius 2 is 2.11 bits per heavy atom. The van der Waals surface area contributed by atoms with E-state index in [-0.39, 0.29) is 5.56 Å². The smallest absolute Gasteiger partial charge is 0.322 e. The highest BCUT2D eigenvalue weighted by Crippen LogP contribution is 2.40. The monoisotopic (exact) mass is 267 g/mol. The Kier molecular flexibility index (Phi) is 3.74. The van der Waals surface area contributed by atoms with E-state index >= 15 is 0 Å². The summed E-state index contributed by atoms with van der Waals surface area (Å²) in [5.74, 6) is -0.400. The van der Waals surface area contributed by atoms with Crippen molar-refractivity contribution < 1.29 is 28.9 Å². The standard InChI is InChI=1S/C12H13NO6/c1-17-8-4-7(12(16)13-6-10(14)15)5-9-11(8)19-3-2-18-9/h4-5H,2-3,6H2,1H3,(H,13,16)(H,14,15). The summed E-state index contributed by atoms with van der Waals surface area (Å²) < 4.78 is 15.9. The maximum atomic E-state index is 11.8. The van der Waals surface area contributed by atoms with Gasteiger partial charge in [0.1, 0.15) is 19.8 Å². The van der Waals surface area contributed by atoms with Gasteiger partial charge in [0.05, 0.1) is 7.11 Å². The van der Waals surface area contributed by atoms with Gasteiger partial charge in [0.15, 0.2) is 11.5 Å². The quantitative estimate of drug-likeness (QED) is 0.813. The number of nitrogens with one attached hydrogen (secondary N) is 1. The van der Waals surface area contributed by atoms with Crippen molar-refractivity contribution in [1.29, 1.82) is 0 Å². The summed E-state index contributed by atoms with van der Waals surface area (Å²) in [6, 6.07) is 2.97. The molecule has 0 unspecified atom stereocenters. The Morgan fingerprint density at radius 3 is 2.79 bits per heavy atom. The number of hydrogen-bond acceptors (Lipinski definition) is 5. The van der Waals surface area contributed by atoms with Crippen LogP contribution in [-0.4, -0.2) is 43.9 Å². The molecule has 1 heterocycles. The molecule has 2 rings (SSSR count). The number of amides is 1. The van der Waals surface area contributed by atoms with Crippen LogP contribution in [0.15, 0.2) is 12.1 Å². The lowest BCUT2D eigenvalue weighted by molar-refractivity contribution is -0.135. The summed E-state index contributed by atoms with van der Waals surface area (Å²) in [5, 5.41) is 10.8. The maximum absolute atomic E-state index is 11.8. The zero-order valence-corrected chi connectivity index (χ0v) is 10.3. The predicted octanol–water partition coefficient (Wildman–Crippen LogP) is 0.281. The average Bonchev–Trinajstić information content (AvgIpc) is 2.43. The lowest BCUT2D eigenvalue weighted by Gasteiger charge is -2.21. The first-order chi connectivity index (χ1) is 9.11. The fourth-order valence-corrected chi connectivity index (χ4v) is 1.66. The van der Waals surface area contributed by atoms with Gasteiger partial charge >= 0.3 is 5.97 Å². The molecule has 0 saturated carbocycles. The summed E-state index contributed by atoms with van der Waals surface area (Å²) >= 11 is 0. The molecule has 1 aromatic carbocycles. The Bertz CT molecular complexity index is 496. The van der Waals surface area contributed by atoms with Gasteiger partial charge in [-0.25, -0.2) is 0 Å². The van der Waals surface area contributed by atoms with Crippen molar-refractivity contribution in [2.45, 2.75) is 0 Å². The first kappa shape index (κ1) is 13.0. The molecule has 0 aromatic heterocycles. The van der Waals surface area contributed by atoms with Gasteiger partial charge in [0, 0.05) is 5.56 Å². The summed E-state index contributed by atoms with van der Waals surface area (Å²) in [7, 11) is 1.45. The second-order valence-corrected chi connectivity index (χ2v) is 3.78. The molecule has 0 radical (unpaired) electrons. The number of methoxy groups -OCH3 is 1. The number of carboxylic acids is 1. The molecule has 0 bridgehead atoms. The van der Waals surface area contributed by atoms with Gasteiger partial charge in [0.2, 0.25) is 5.75 Å². The molecule has 0 spiro atoms. The Balaban J connectivity index is 2.26. The molecule has 7 heteroatoms. The van der Waals surface area contributed by atoms with Crippen molar-refractivity contribution in [2.75, 3.05) is 26.9 Å². The Morgan fingerprint density at radius 1 is 1.37 bits per heavy atom. The normalized spacial score (nSPS) is 12.7. The van der Waals surface area contributed by atoms with E-state index in [2.05, 4.69) is 5.32 Å². The largest absolute Gasteiger partial charge is 0.493 e. The molecular weight excluding hydrogens is 254 g/mol. The van der Waals surface area contributed by atoms with E-state index in [9.17, 15) is 9.59 Å². The van der Waals surface area contributed by atoms with Crippen LogP contribution in [0.3, 0.4) is 0 Å². The van der Waals surface area contributed by atoms with Crippen LogP contribution >= 0.6 is 0 Å². The zero-order chi connectivity index (χ0) is 13.8. The molecule has 102 valence electrons. The molecule has 7 nitrogen and oxygen atoms in total. The minimum Gasteiger partial charge on any atom is -0.493 e. The van der Waals surface area contributed by atoms with Crippen molar-refractivity contribution in [1.82, 2.24) is 5.32 Å². The second kappa shape index (κ2) is 5.47. The Hall–Kier alpha value is -2.44. The van der Waals surface area contributed by atoms with E-state index in [0.29, 0.717) is 30.5 Å². The van der Waals surface area contributed by atoms with Crippen LogP contribution in [0.25, 0.3) is 0 Å². The van der Waals surface area contributed by atoms with Gasteiger partial charge in [-0.05, 0) is 12.1 Å². The molecule has 1 aliphatic heterocycles. The lowest BCUT2D eigenvalue weighted by Crippen LogP contribution is -2.29. The van der Waals surface area contributed by atoms with Gasteiger partial charge < -0.3 is 24.6 Å². The summed E-state index contributed by atoms with van der Waals surface area (Å²) in [4.78, 5) is 22.2. The van der Waals surface area contributed by atoms with Crippen LogP contribution in [0.1, 0.15) is 10.4 Å². The van der Waals surface area contributed by atoms with Gasteiger partial charge in [-0.3, -0.25) is 9.59 Å². The fraction of sp³-hybridized carbons (Fsp3) is 0.333. The predicted molar refractivity (Wildman–Crippen MR) is 64.0 cm³/mol. The van der Waals surface area contributed by atoms with Crippen LogP contribution in [0.5, 0.6) is 17.2 Å². The highest BCUT2D eigenvalue weighted by molar-refractivity contribution is 5.97. The van der Waals surface area contributed by atoms with Crippen molar-refractivity contribution in [2.24, 2.45) is 0 Å². The number of fused-ring (bicyclic) bond motifs is 1. The number of carboxylic acid groups (broad SMARTS) is 1. The molecule has 19 heavy (non-hydrogen) atoms. The second-order valence-electron chi connectivity index (χ2n) is 3.78. The SMILES string of the molecule is COc1cc(C(=O)NCC(=O)O)cc2c1OCCO2. The van der Waals surface area contributed by atoms with Crippen LogP contribution in [-0.2, 0) is 4.79 Å². The third-order valence-corrected chi connectivity index (χ3v) is 2.49. The van der Waals surface area contributed by atoms with E-state index in [1.807, 2.05) is 0 Å². The summed E-state index contributed by atoms with van der Waals surface area (Å²) in [6.07, 6.45) is 0. The number of carbonyl (C=O) groups excluding carboxylic acids is 1. The van der Waals surface area contributed by atoms with Gasteiger partial charge in [-0.1, -0.05) is 0 Å². The topological polar surface area (TPSA) is 94.1 Å². The van der Waals surface area contributed by atoms with Gasteiger partial charge in [0.25, 0.3) is 5.91 Å². The molecule has 0 saturated heterocycles. The maximum Gasteiger partial charge on any atom is 0.322 e.